The summed E-state index contributed by atoms with van der Waals surface area (Å²) in [5, 5.41) is 8.51. The van der Waals surface area contributed by atoms with Crippen molar-refractivity contribution in [3.05, 3.63) is 12.2 Å². The molecule has 0 radical (unpaired) electrons. The highest BCUT2D eigenvalue weighted by Gasteiger charge is 1.97. The average molecular weight is 566 g/mol. The Bertz CT molecular complexity index is 532. The molecule has 4 heteroatoms. The number of rotatable bonds is 31. The summed E-state index contributed by atoms with van der Waals surface area (Å²) in [6, 6.07) is 0. The van der Waals surface area contributed by atoms with Crippen LogP contribution in [0, 0.1) is 0 Å². The number of carboxylic acids is 1. The monoisotopic (exact) mass is 566 g/mol. The Balaban J connectivity index is 0. The molecule has 1 amide bonds. The van der Waals surface area contributed by atoms with Gasteiger partial charge < -0.3 is 10.8 Å². The number of allylic oxidation sites excluding steroid dienone is 2. The van der Waals surface area contributed by atoms with Crippen LogP contribution in [-0.2, 0) is 9.59 Å². The molecule has 0 saturated carbocycles. The Morgan fingerprint density at radius 1 is 0.450 bits per heavy atom. The van der Waals surface area contributed by atoms with Gasteiger partial charge in [0.1, 0.15) is 0 Å². The van der Waals surface area contributed by atoms with E-state index < -0.39 is 5.97 Å². The van der Waals surface area contributed by atoms with Crippen LogP contribution < -0.4 is 5.73 Å². The number of hydrogen-bond acceptors (Lipinski definition) is 2. The first-order valence-electron chi connectivity index (χ1n) is 17.7. The summed E-state index contributed by atoms with van der Waals surface area (Å²) in [4.78, 5) is 20.9. The van der Waals surface area contributed by atoms with Crippen LogP contribution in [0.5, 0.6) is 0 Å². The molecule has 0 unspecified atom stereocenters. The predicted molar refractivity (Wildman–Crippen MR) is 176 cm³/mol. The maximum atomic E-state index is 10.6. The molecule has 0 saturated heterocycles. The van der Waals surface area contributed by atoms with Gasteiger partial charge in [-0.1, -0.05) is 167 Å². The fourth-order valence-electron chi connectivity index (χ4n) is 5.02. The first kappa shape index (κ1) is 40.8. The minimum Gasteiger partial charge on any atom is -0.481 e. The minimum absolute atomic E-state index is 0.153. The number of carbonyl (C=O) groups is 2. The lowest BCUT2D eigenvalue weighted by Gasteiger charge is -2.03. The first-order chi connectivity index (χ1) is 19.5. The van der Waals surface area contributed by atoms with Crippen LogP contribution in [0.25, 0.3) is 0 Å². The molecule has 0 atom stereocenters. The van der Waals surface area contributed by atoms with Crippen LogP contribution in [-0.4, -0.2) is 17.0 Å². The topological polar surface area (TPSA) is 80.4 Å². The molecule has 0 aliphatic carbocycles. The van der Waals surface area contributed by atoms with Gasteiger partial charge in [0, 0.05) is 12.8 Å². The minimum atomic E-state index is -0.664. The summed E-state index contributed by atoms with van der Waals surface area (Å²) in [7, 11) is 0. The highest BCUT2D eigenvalue weighted by molar-refractivity contribution is 5.73. The Morgan fingerprint density at radius 3 is 1.02 bits per heavy atom. The number of primary amides is 1. The highest BCUT2D eigenvalue weighted by atomic mass is 16.4. The van der Waals surface area contributed by atoms with Crippen LogP contribution in [0.3, 0.4) is 0 Å². The van der Waals surface area contributed by atoms with Crippen LogP contribution in [0.1, 0.15) is 206 Å². The van der Waals surface area contributed by atoms with Crippen molar-refractivity contribution >= 4 is 11.9 Å². The van der Waals surface area contributed by atoms with E-state index in [2.05, 4.69) is 26.0 Å². The van der Waals surface area contributed by atoms with Crippen LogP contribution in [0.2, 0.25) is 0 Å². The van der Waals surface area contributed by atoms with Gasteiger partial charge in [-0.2, -0.15) is 0 Å². The van der Waals surface area contributed by atoms with E-state index in [0.717, 1.165) is 19.3 Å². The molecule has 3 N–H and O–H groups in total. The molecule has 0 aliphatic rings. The molecule has 0 heterocycles. The van der Waals surface area contributed by atoms with Gasteiger partial charge in [-0.15, -0.1) is 0 Å². The van der Waals surface area contributed by atoms with E-state index in [0.29, 0.717) is 12.8 Å². The SMILES string of the molecule is CCCCCCCCC=CCCCCCCCC(=O)O.CCCCCCCCCCCCCCCCCC(N)=O. The molecular formula is C36H71NO3. The van der Waals surface area contributed by atoms with Gasteiger partial charge in [0.15, 0.2) is 0 Å². The van der Waals surface area contributed by atoms with Crippen molar-refractivity contribution in [3.63, 3.8) is 0 Å². The molecular weight excluding hydrogens is 494 g/mol. The van der Waals surface area contributed by atoms with Gasteiger partial charge in [-0.25, -0.2) is 0 Å². The maximum absolute atomic E-state index is 10.6. The third-order valence-electron chi connectivity index (χ3n) is 7.68. The second-order valence-corrected chi connectivity index (χ2v) is 11.9. The second-order valence-electron chi connectivity index (χ2n) is 11.9. The number of unbranched alkanes of at least 4 members (excludes halogenated alkanes) is 25. The molecule has 4 nitrogen and oxygen atoms in total. The molecule has 40 heavy (non-hydrogen) atoms. The third kappa shape index (κ3) is 43.7. The summed E-state index contributed by atoms with van der Waals surface area (Å²) < 4.78 is 0. The molecule has 0 aromatic heterocycles. The summed E-state index contributed by atoms with van der Waals surface area (Å²) in [5.74, 6) is -0.817. The number of hydrogen-bond donors (Lipinski definition) is 2. The largest absolute Gasteiger partial charge is 0.481 e. The molecule has 0 aromatic carbocycles. The smallest absolute Gasteiger partial charge is 0.303 e. The van der Waals surface area contributed by atoms with E-state index in [1.165, 1.54) is 161 Å². The van der Waals surface area contributed by atoms with E-state index in [4.69, 9.17) is 10.8 Å². The van der Waals surface area contributed by atoms with Gasteiger partial charge in [0.25, 0.3) is 0 Å². The molecule has 0 rings (SSSR count). The van der Waals surface area contributed by atoms with Crippen LogP contribution in [0.15, 0.2) is 12.2 Å². The van der Waals surface area contributed by atoms with Crippen LogP contribution >= 0.6 is 0 Å². The van der Waals surface area contributed by atoms with Crippen LogP contribution in [0.4, 0.5) is 0 Å². The number of carbonyl (C=O) groups excluding carboxylic acids is 1. The van der Waals surface area contributed by atoms with Crippen molar-refractivity contribution in [1.29, 1.82) is 0 Å². The maximum Gasteiger partial charge on any atom is 0.303 e. The molecule has 0 spiro atoms. The van der Waals surface area contributed by atoms with E-state index >= 15 is 0 Å². The fraction of sp³-hybridized carbons (Fsp3) is 0.889. The Morgan fingerprint density at radius 2 is 0.725 bits per heavy atom. The lowest BCUT2D eigenvalue weighted by Crippen LogP contribution is -2.09. The normalized spacial score (nSPS) is 11.1. The van der Waals surface area contributed by atoms with E-state index in [1.807, 2.05) is 0 Å². The number of aliphatic carboxylic acids is 1. The standard InChI is InChI=1S/C18H37NO.C18H34O2/c2*1-2-3-4-5-6-7-8-9-10-11-12-13-14-15-16-17-18(19)20/h2-17H2,1H3,(H2,19,20);9-10H,2-8,11-17H2,1H3,(H,19,20). The summed E-state index contributed by atoms with van der Waals surface area (Å²) >= 11 is 0. The quantitative estimate of drug-likeness (QED) is 0.0648. The molecule has 0 fully saturated rings. The second kappa shape index (κ2) is 37.7. The third-order valence-corrected chi connectivity index (χ3v) is 7.68. The van der Waals surface area contributed by atoms with Gasteiger partial charge in [-0.05, 0) is 38.5 Å². The van der Waals surface area contributed by atoms with Crippen molar-refractivity contribution < 1.29 is 14.7 Å². The van der Waals surface area contributed by atoms with Gasteiger partial charge >= 0.3 is 5.97 Å². The number of carboxylic acid groups (broad SMARTS) is 1. The zero-order valence-electron chi connectivity index (χ0n) is 27.2. The van der Waals surface area contributed by atoms with Gasteiger partial charge in [0.2, 0.25) is 5.91 Å². The van der Waals surface area contributed by atoms with E-state index in [1.54, 1.807) is 0 Å². The van der Waals surface area contributed by atoms with Crippen molar-refractivity contribution in [3.8, 4) is 0 Å². The van der Waals surface area contributed by atoms with Crippen molar-refractivity contribution in [2.75, 3.05) is 0 Å². The Labute approximate surface area is 250 Å². The van der Waals surface area contributed by atoms with Crippen molar-refractivity contribution in [2.45, 2.75) is 206 Å². The summed E-state index contributed by atoms with van der Waals surface area (Å²) in [6.07, 6.45) is 42.1. The zero-order valence-corrected chi connectivity index (χ0v) is 27.2. The average Bonchev–Trinajstić information content (AvgIpc) is 2.93. The molecule has 0 bridgehead atoms. The van der Waals surface area contributed by atoms with Crippen molar-refractivity contribution in [1.82, 2.24) is 0 Å². The predicted octanol–water partition coefficient (Wildman–Crippen LogP) is 11.8. The first-order valence-corrected chi connectivity index (χ1v) is 17.7. The number of amides is 1. The lowest BCUT2D eigenvalue weighted by molar-refractivity contribution is -0.137. The molecule has 238 valence electrons. The van der Waals surface area contributed by atoms with Gasteiger partial charge in [0.05, 0.1) is 0 Å². The van der Waals surface area contributed by atoms with E-state index in [9.17, 15) is 9.59 Å². The summed E-state index contributed by atoms with van der Waals surface area (Å²) in [5.41, 5.74) is 5.11. The zero-order chi connectivity index (χ0) is 29.8. The Kier molecular flexibility index (Phi) is 38.5. The lowest BCUT2D eigenvalue weighted by atomic mass is 10.0. The summed E-state index contributed by atoms with van der Waals surface area (Å²) in [6.45, 7) is 4.53. The van der Waals surface area contributed by atoms with Crippen molar-refractivity contribution in [2.24, 2.45) is 5.73 Å². The molecule has 0 aromatic rings. The highest BCUT2D eigenvalue weighted by Crippen LogP contribution is 2.14. The fourth-order valence-corrected chi connectivity index (χ4v) is 5.02. The Hall–Kier alpha value is -1.32. The molecule has 0 aliphatic heterocycles. The van der Waals surface area contributed by atoms with E-state index in [-0.39, 0.29) is 5.91 Å². The number of nitrogens with two attached hydrogens (primary N) is 1. The van der Waals surface area contributed by atoms with Gasteiger partial charge in [-0.3, -0.25) is 9.59 Å².